The van der Waals surface area contributed by atoms with Crippen molar-refractivity contribution in [3.05, 3.63) is 59.7 Å². The molecule has 0 aliphatic rings. The zero-order chi connectivity index (χ0) is 19.2. The van der Waals surface area contributed by atoms with Crippen LogP contribution in [0.4, 0.5) is 0 Å². The van der Waals surface area contributed by atoms with Gasteiger partial charge in [-0.2, -0.15) is 5.26 Å². The predicted molar refractivity (Wildman–Crippen MR) is 108 cm³/mol. The highest BCUT2D eigenvalue weighted by Crippen LogP contribution is 2.28. The van der Waals surface area contributed by atoms with Crippen molar-refractivity contribution in [1.29, 1.82) is 5.26 Å². The highest BCUT2D eigenvalue weighted by molar-refractivity contribution is 7.98. The van der Waals surface area contributed by atoms with E-state index in [0.29, 0.717) is 11.5 Å². The summed E-state index contributed by atoms with van der Waals surface area (Å²) in [4.78, 5) is 0. The molecule has 5 nitrogen and oxygen atoms in total. The molecule has 0 saturated heterocycles. The van der Waals surface area contributed by atoms with Crippen molar-refractivity contribution < 1.29 is 4.74 Å². The second kappa shape index (κ2) is 8.74. The van der Waals surface area contributed by atoms with Gasteiger partial charge in [-0.25, -0.2) is 0 Å². The molecule has 1 heterocycles. The lowest BCUT2D eigenvalue weighted by Gasteiger charge is -2.13. The third kappa shape index (κ3) is 4.69. The van der Waals surface area contributed by atoms with Crippen LogP contribution in [-0.2, 0) is 12.3 Å². The SMILES string of the molecule is COc1ccc(-c2nnc(SCc3cccc(C#N)c3)n2CC(C)C)cc1. The van der Waals surface area contributed by atoms with Gasteiger partial charge in [0.1, 0.15) is 5.75 Å². The highest BCUT2D eigenvalue weighted by Gasteiger charge is 2.15. The lowest BCUT2D eigenvalue weighted by molar-refractivity contribution is 0.415. The van der Waals surface area contributed by atoms with E-state index in [9.17, 15) is 0 Å². The van der Waals surface area contributed by atoms with Crippen LogP contribution in [0.3, 0.4) is 0 Å². The van der Waals surface area contributed by atoms with Crippen LogP contribution in [0.2, 0.25) is 0 Å². The lowest BCUT2D eigenvalue weighted by atomic mass is 10.2. The van der Waals surface area contributed by atoms with Crippen LogP contribution in [0.25, 0.3) is 11.4 Å². The van der Waals surface area contributed by atoms with Crippen LogP contribution >= 0.6 is 11.8 Å². The van der Waals surface area contributed by atoms with Crippen LogP contribution < -0.4 is 4.74 Å². The van der Waals surface area contributed by atoms with Crippen molar-refractivity contribution in [3.8, 4) is 23.2 Å². The molecule has 3 aromatic rings. The van der Waals surface area contributed by atoms with E-state index in [0.717, 1.165) is 40.2 Å². The average molecular weight is 379 g/mol. The Morgan fingerprint density at radius 2 is 1.93 bits per heavy atom. The smallest absolute Gasteiger partial charge is 0.191 e. The quantitative estimate of drug-likeness (QED) is 0.554. The van der Waals surface area contributed by atoms with Gasteiger partial charge in [-0.3, -0.25) is 0 Å². The van der Waals surface area contributed by atoms with Crippen LogP contribution in [0.5, 0.6) is 5.75 Å². The molecule has 0 N–H and O–H groups in total. The van der Waals surface area contributed by atoms with Crippen LogP contribution in [0.15, 0.2) is 53.7 Å². The number of rotatable bonds is 7. The summed E-state index contributed by atoms with van der Waals surface area (Å²) in [5.41, 5.74) is 2.79. The summed E-state index contributed by atoms with van der Waals surface area (Å²) in [6.45, 7) is 5.21. The molecular weight excluding hydrogens is 356 g/mol. The number of nitriles is 1. The standard InChI is InChI=1S/C21H22N4OS/c1-15(2)13-25-20(18-7-9-19(26-3)10-8-18)23-24-21(25)27-14-17-6-4-5-16(11-17)12-22/h4-11,15H,13-14H2,1-3H3. The third-order valence-corrected chi connectivity index (χ3v) is 5.07. The normalized spacial score (nSPS) is 10.8. The monoisotopic (exact) mass is 378 g/mol. The zero-order valence-corrected chi connectivity index (χ0v) is 16.5. The molecule has 0 saturated carbocycles. The second-order valence-electron chi connectivity index (χ2n) is 6.64. The van der Waals surface area contributed by atoms with E-state index in [1.165, 1.54) is 0 Å². The summed E-state index contributed by atoms with van der Waals surface area (Å²) in [6, 6.07) is 17.7. The van der Waals surface area contributed by atoms with E-state index in [2.05, 4.69) is 34.7 Å². The number of methoxy groups -OCH3 is 1. The van der Waals surface area contributed by atoms with E-state index in [4.69, 9.17) is 10.00 Å². The first-order valence-electron chi connectivity index (χ1n) is 8.80. The second-order valence-corrected chi connectivity index (χ2v) is 7.58. The average Bonchev–Trinajstić information content (AvgIpc) is 3.08. The van der Waals surface area contributed by atoms with Gasteiger partial charge in [-0.15, -0.1) is 10.2 Å². The van der Waals surface area contributed by atoms with Gasteiger partial charge in [0.05, 0.1) is 18.7 Å². The topological polar surface area (TPSA) is 63.7 Å². The van der Waals surface area contributed by atoms with Gasteiger partial charge in [0.25, 0.3) is 0 Å². The molecule has 0 aliphatic heterocycles. The molecule has 0 spiro atoms. The number of nitrogens with zero attached hydrogens (tertiary/aromatic N) is 4. The molecule has 138 valence electrons. The predicted octanol–water partition coefficient (Wildman–Crippen LogP) is 4.77. The first-order valence-corrected chi connectivity index (χ1v) is 9.78. The van der Waals surface area contributed by atoms with Crippen molar-refractivity contribution in [2.45, 2.75) is 31.3 Å². The van der Waals surface area contributed by atoms with Gasteiger partial charge < -0.3 is 9.30 Å². The van der Waals surface area contributed by atoms with E-state index >= 15 is 0 Å². The van der Waals surface area contributed by atoms with E-state index in [-0.39, 0.29) is 0 Å². The Morgan fingerprint density at radius 3 is 2.59 bits per heavy atom. The number of hydrogen-bond donors (Lipinski definition) is 0. The van der Waals surface area contributed by atoms with Crippen molar-refractivity contribution in [3.63, 3.8) is 0 Å². The maximum absolute atomic E-state index is 9.07. The molecule has 1 aromatic heterocycles. The Hall–Kier alpha value is -2.78. The number of benzene rings is 2. The molecule has 0 atom stereocenters. The van der Waals surface area contributed by atoms with Crippen LogP contribution in [0, 0.1) is 17.2 Å². The van der Waals surface area contributed by atoms with Crippen molar-refractivity contribution in [2.24, 2.45) is 5.92 Å². The molecule has 0 unspecified atom stereocenters. The number of ether oxygens (including phenoxy) is 1. The van der Waals surface area contributed by atoms with Crippen molar-refractivity contribution >= 4 is 11.8 Å². The minimum atomic E-state index is 0.472. The summed E-state index contributed by atoms with van der Waals surface area (Å²) in [5.74, 6) is 2.90. The molecule has 0 radical (unpaired) electrons. The fourth-order valence-electron chi connectivity index (χ4n) is 2.76. The molecule has 0 fully saturated rings. The van der Waals surface area contributed by atoms with Crippen LogP contribution in [0.1, 0.15) is 25.0 Å². The van der Waals surface area contributed by atoms with Crippen LogP contribution in [-0.4, -0.2) is 21.9 Å². The number of aromatic nitrogens is 3. The summed E-state index contributed by atoms with van der Waals surface area (Å²) < 4.78 is 7.41. The molecule has 3 rings (SSSR count). The van der Waals surface area contributed by atoms with Gasteiger partial charge >= 0.3 is 0 Å². The van der Waals surface area contributed by atoms with Gasteiger partial charge in [0.15, 0.2) is 11.0 Å². The Morgan fingerprint density at radius 1 is 1.15 bits per heavy atom. The molecule has 0 aliphatic carbocycles. The fraction of sp³-hybridized carbons (Fsp3) is 0.286. The number of thioether (sulfide) groups is 1. The van der Waals surface area contributed by atoms with E-state index in [1.807, 2.05) is 48.5 Å². The molecule has 0 amide bonds. The summed E-state index contributed by atoms with van der Waals surface area (Å²) in [7, 11) is 1.66. The molecular formula is C21H22N4OS. The first kappa shape index (κ1) is 19.0. The lowest BCUT2D eigenvalue weighted by Crippen LogP contribution is -2.08. The van der Waals surface area contributed by atoms with Gasteiger partial charge in [0, 0.05) is 17.9 Å². The minimum absolute atomic E-state index is 0.472. The molecule has 27 heavy (non-hydrogen) atoms. The van der Waals surface area contributed by atoms with Crippen molar-refractivity contribution in [1.82, 2.24) is 14.8 Å². The fourth-order valence-corrected chi connectivity index (χ4v) is 3.65. The Balaban J connectivity index is 1.86. The number of hydrogen-bond acceptors (Lipinski definition) is 5. The van der Waals surface area contributed by atoms with Gasteiger partial charge in [0.2, 0.25) is 0 Å². The largest absolute Gasteiger partial charge is 0.497 e. The molecule has 2 aromatic carbocycles. The maximum atomic E-state index is 9.07. The molecule has 0 bridgehead atoms. The Labute approximate surface area is 164 Å². The maximum Gasteiger partial charge on any atom is 0.191 e. The Kier molecular flexibility index (Phi) is 6.15. The summed E-state index contributed by atoms with van der Waals surface area (Å²) >= 11 is 1.64. The molecule has 6 heteroatoms. The highest BCUT2D eigenvalue weighted by atomic mass is 32.2. The van der Waals surface area contributed by atoms with E-state index in [1.54, 1.807) is 18.9 Å². The zero-order valence-electron chi connectivity index (χ0n) is 15.7. The minimum Gasteiger partial charge on any atom is -0.497 e. The Bertz CT molecular complexity index is 942. The third-order valence-electron chi connectivity index (χ3n) is 4.04. The first-order chi connectivity index (χ1) is 13.1. The van der Waals surface area contributed by atoms with Gasteiger partial charge in [-0.1, -0.05) is 37.7 Å². The van der Waals surface area contributed by atoms with Gasteiger partial charge in [-0.05, 0) is 47.9 Å². The summed E-state index contributed by atoms with van der Waals surface area (Å²) in [6.07, 6.45) is 0. The summed E-state index contributed by atoms with van der Waals surface area (Å²) in [5, 5.41) is 18.8. The van der Waals surface area contributed by atoms with E-state index < -0.39 is 0 Å². The van der Waals surface area contributed by atoms with Crippen molar-refractivity contribution in [2.75, 3.05) is 7.11 Å².